The van der Waals surface area contributed by atoms with Gasteiger partial charge in [-0.1, -0.05) is 0 Å². The zero-order valence-corrected chi connectivity index (χ0v) is 5.14. The van der Waals surface area contributed by atoms with Gasteiger partial charge in [0.15, 0.2) is 6.27 Å². The average molecular weight is 151 g/mol. The average Bonchev–Trinajstić information content (AvgIpc) is 2.13. The first-order valence-electron chi connectivity index (χ1n) is 3.36. The van der Waals surface area contributed by atoms with E-state index in [1.807, 2.05) is 0 Å². The highest BCUT2D eigenvalue weighted by molar-refractivity contribution is 4.84. The summed E-state index contributed by atoms with van der Waals surface area (Å²) in [5, 5.41) is 35.2. The van der Waals surface area contributed by atoms with Gasteiger partial charge in [-0.05, 0) is 0 Å². The predicted octanol–water partition coefficient (Wildman–Crippen LogP) is -2.58. The monoisotopic (exact) mass is 151 g/mol. The molecule has 4 N–H and O–H groups in total. The van der Waals surface area contributed by atoms with Crippen LogP contribution in [0.5, 0.6) is 0 Å². The second kappa shape index (κ2) is 2.81. The van der Waals surface area contributed by atoms with Gasteiger partial charge in [0.2, 0.25) is 0 Å². The normalized spacial score (nSPS) is 56.8. The second-order valence-corrected chi connectivity index (χ2v) is 2.11. The van der Waals surface area contributed by atoms with Crippen LogP contribution < -0.4 is 0 Å². The van der Waals surface area contributed by atoms with E-state index in [4.69, 9.17) is 21.8 Å². The molecule has 1 aliphatic heterocycles. The van der Waals surface area contributed by atoms with E-state index in [9.17, 15) is 0 Å². The van der Waals surface area contributed by atoms with Crippen LogP contribution in [-0.4, -0.2) is 51.6 Å². The molecule has 0 saturated carbocycles. The minimum atomic E-state index is -2.51. The van der Waals surface area contributed by atoms with Gasteiger partial charge < -0.3 is 25.2 Å². The van der Waals surface area contributed by atoms with Crippen LogP contribution in [0.3, 0.4) is 0 Å². The van der Waals surface area contributed by atoms with Crippen LogP contribution in [0.2, 0.25) is 0 Å². The summed E-state index contributed by atoms with van der Waals surface area (Å²) in [6, 6.07) is 0. The molecule has 10 heavy (non-hydrogen) atoms. The van der Waals surface area contributed by atoms with Crippen molar-refractivity contribution in [1.29, 1.82) is 0 Å². The quantitative estimate of drug-likeness (QED) is 0.330. The number of rotatable bonds is 1. The molecule has 5 heteroatoms. The van der Waals surface area contributed by atoms with Crippen LogP contribution >= 0.6 is 0 Å². The number of ether oxygens (including phenoxy) is 1. The molecule has 1 saturated heterocycles. The fourth-order valence-corrected chi connectivity index (χ4v) is 0.789. The van der Waals surface area contributed by atoms with Gasteiger partial charge in [0.25, 0.3) is 0 Å². The minimum Gasteiger partial charge on any atom is -0.394 e. The summed E-state index contributed by atoms with van der Waals surface area (Å²) in [6.07, 6.45) is -6.71. The lowest BCUT2D eigenvalue weighted by atomic mass is 10.1. The van der Waals surface area contributed by atoms with E-state index in [0.717, 1.165) is 0 Å². The SMILES string of the molecule is [2H]C1(O)O[C@H](CO)[C@@H](O)[C@@H]1O. The van der Waals surface area contributed by atoms with Crippen molar-refractivity contribution in [2.45, 2.75) is 24.6 Å². The van der Waals surface area contributed by atoms with Crippen molar-refractivity contribution in [1.82, 2.24) is 0 Å². The molecule has 0 aromatic rings. The first kappa shape index (κ1) is 6.51. The van der Waals surface area contributed by atoms with E-state index >= 15 is 0 Å². The lowest BCUT2D eigenvalue weighted by Crippen LogP contribution is -2.33. The van der Waals surface area contributed by atoms with Crippen molar-refractivity contribution in [2.75, 3.05) is 6.61 Å². The summed E-state index contributed by atoms with van der Waals surface area (Å²) in [7, 11) is 0. The van der Waals surface area contributed by atoms with Crippen LogP contribution in [-0.2, 0) is 4.74 Å². The molecule has 5 nitrogen and oxygen atoms in total. The number of aliphatic hydroxyl groups excluding tert-OH is 3. The van der Waals surface area contributed by atoms with Gasteiger partial charge in [0.1, 0.15) is 18.3 Å². The first-order chi connectivity index (χ1) is 4.99. The number of hydrogen-bond donors (Lipinski definition) is 4. The molecule has 4 atom stereocenters. The Bertz CT molecular complexity index is 150. The molecule has 60 valence electrons. The van der Waals surface area contributed by atoms with Gasteiger partial charge in [-0.25, -0.2) is 0 Å². The van der Waals surface area contributed by atoms with Crippen LogP contribution in [0.25, 0.3) is 0 Å². The van der Waals surface area contributed by atoms with E-state index < -0.39 is 31.2 Å². The maximum Gasteiger partial charge on any atom is 0.184 e. The Labute approximate surface area is 58.9 Å². The summed E-state index contributed by atoms with van der Waals surface area (Å²) in [5.74, 6) is 0. The highest BCUT2D eigenvalue weighted by Crippen LogP contribution is 2.18. The zero-order chi connectivity index (χ0) is 8.65. The summed E-state index contributed by atoms with van der Waals surface area (Å²) in [4.78, 5) is 0. The molecule has 1 unspecified atom stereocenters. The molecule has 1 aliphatic rings. The van der Waals surface area contributed by atoms with Gasteiger partial charge in [-0.15, -0.1) is 0 Å². The summed E-state index contributed by atoms with van der Waals surface area (Å²) < 4.78 is 11.3. The van der Waals surface area contributed by atoms with E-state index in [0.29, 0.717) is 0 Å². The second-order valence-electron chi connectivity index (χ2n) is 2.11. The maximum atomic E-state index is 8.98. The van der Waals surface area contributed by atoms with E-state index in [1.165, 1.54) is 0 Å². The molecule has 1 fully saturated rings. The Hall–Kier alpha value is -0.200. The van der Waals surface area contributed by atoms with Crippen molar-refractivity contribution >= 4 is 0 Å². The fourth-order valence-electron chi connectivity index (χ4n) is 0.789. The molecule has 0 aromatic carbocycles. The van der Waals surface area contributed by atoms with Crippen molar-refractivity contribution in [3.8, 4) is 0 Å². The third-order valence-corrected chi connectivity index (χ3v) is 1.41. The number of aliphatic hydroxyl groups is 4. The molecule has 0 aromatic heterocycles. The Morgan fingerprint density at radius 3 is 2.10 bits per heavy atom. The van der Waals surface area contributed by atoms with E-state index in [2.05, 4.69) is 4.74 Å². The van der Waals surface area contributed by atoms with E-state index in [1.54, 1.807) is 0 Å². The van der Waals surface area contributed by atoms with Crippen molar-refractivity contribution in [2.24, 2.45) is 0 Å². The van der Waals surface area contributed by atoms with Gasteiger partial charge in [0, 0.05) is 0 Å². The van der Waals surface area contributed by atoms with Crippen LogP contribution in [0, 0.1) is 0 Å². The van der Waals surface area contributed by atoms with Crippen LogP contribution in [0.4, 0.5) is 0 Å². The fraction of sp³-hybridized carbons (Fsp3) is 1.00. The maximum absolute atomic E-state index is 8.98. The molecule has 1 heterocycles. The standard InChI is InChI=1S/C5H10O5/c6-1-2-3(7)4(8)5(9)10-2/h2-9H,1H2/t2-,3-,4+,5?/m1/s1/i5D. The van der Waals surface area contributed by atoms with Crippen molar-refractivity contribution in [3.05, 3.63) is 0 Å². The Kier molecular flexibility index (Phi) is 1.83. The molecule has 0 spiro atoms. The molecular weight excluding hydrogens is 140 g/mol. The van der Waals surface area contributed by atoms with E-state index in [-0.39, 0.29) is 0 Å². The predicted molar refractivity (Wildman–Crippen MR) is 30.0 cm³/mol. The third-order valence-electron chi connectivity index (χ3n) is 1.41. The van der Waals surface area contributed by atoms with Crippen LogP contribution in [0.1, 0.15) is 1.37 Å². The Morgan fingerprint density at radius 2 is 1.90 bits per heavy atom. The third kappa shape index (κ3) is 1.14. The Morgan fingerprint density at radius 1 is 1.30 bits per heavy atom. The summed E-state index contributed by atoms with van der Waals surface area (Å²) >= 11 is 0. The van der Waals surface area contributed by atoms with Crippen LogP contribution in [0.15, 0.2) is 0 Å². The zero-order valence-electron chi connectivity index (χ0n) is 6.14. The largest absolute Gasteiger partial charge is 0.394 e. The van der Waals surface area contributed by atoms with Gasteiger partial charge in [-0.2, -0.15) is 0 Å². The van der Waals surface area contributed by atoms with Gasteiger partial charge in [-0.3, -0.25) is 0 Å². The van der Waals surface area contributed by atoms with Gasteiger partial charge >= 0.3 is 0 Å². The molecule has 0 radical (unpaired) electrons. The molecule has 0 bridgehead atoms. The molecule has 1 rings (SSSR count). The highest BCUT2D eigenvalue weighted by Gasteiger charge is 2.41. The lowest BCUT2D eigenvalue weighted by Gasteiger charge is -2.09. The Balaban J connectivity index is 2.69. The molecule has 0 amide bonds. The molecule has 0 aliphatic carbocycles. The number of hydrogen-bond acceptors (Lipinski definition) is 5. The summed E-state index contributed by atoms with van der Waals surface area (Å²) in [6.45, 7) is -0.542. The summed E-state index contributed by atoms with van der Waals surface area (Å²) in [5.41, 5.74) is 0. The van der Waals surface area contributed by atoms with Gasteiger partial charge in [0.05, 0.1) is 7.98 Å². The topological polar surface area (TPSA) is 90.2 Å². The minimum absolute atomic E-state index is 0.542. The van der Waals surface area contributed by atoms with Crippen molar-refractivity contribution in [3.63, 3.8) is 0 Å². The smallest absolute Gasteiger partial charge is 0.184 e. The van der Waals surface area contributed by atoms with Crippen molar-refractivity contribution < 1.29 is 26.5 Å². The first-order valence-corrected chi connectivity index (χ1v) is 2.86. The molecular formula is C5H10O5. The highest BCUT2D eigenvalue weighted by atomic mass is 16.6. The lowest BCUT2D eigenvalue weighted by molar-refractivity contribution is -0.132.